The van der Waals surface area contributed by atoms with Gasteiger partial charge in [0.2, 0.25) is 0 Å². The lowest BCUT2D eigenvalue weighted by atomic mass is 10.3. The fourth-order valence-corrected chi connectivity index (χ4v) is 2.14. The second-order valence-electron chi connectivity index (χ2n) is 4.60. The standard InChI is InChI=1S/C12H21N5S/c1-10-14-11(13-3-8-18)9-12(15-10)17-6-4-16(2)5-7-17/h9,18H,3-8H2,1-2H3,(H,13,14,15). The van der Waals surface area contributed by atoms with Gasteiger partial charge in [-0.3, -0.25) is 0 Å². The van der Waals surface area contributed by atoms with Crippen molar-refractivity contribution in [2.45, 2.75) is 6.92 Å². The van der Waals surface area contributed by atoms with Gasteiger partial charge >= 0.3 is 0 Å². The molecule has 18 heavy (non-hydrogen) atoms. The lowest BCUT2D eigenvalue weighted by molar-refractivity contribution is 0.312. The van der Waals surface area contributed by atoms with Crippen LogP contribution in [0.15, 0.2) is 6.07 Å². The summed E-state index contributed by atoms with van der Waals surface area (Å²) < 4.78 is 0. The molecule has 0 unspecified atom stereocenters. The van der Waals surface area contributed by atoms with Crippen LogP contribution >= 0.6 is 12.6 Å². The minimum absolute atomic E-state index is 0.799. The molecule has 1 N–H and O–H groups in total. The van der Waals surface area contributed by atoms with Crippen LogP contribution in [0.1, 0.15) is 5.82 Å². The van der Waals surface area contributed by atoms with Crippen molar-refractivity contribution in [1.82, 2.24) is 14.9 Å². The zero-order valence-electron chi connectivity index (χ0n) is 11.1. The number of thiol groups is 1. The molecule has 1 aliphatic heterocycles. The molecule has 0 radical (unpaired) electrons. The molecule has 1 aliphatic rings. The fraction of sp³-hybridized carbons (Fsp3) is 0.667. The molecule has 0 atom stereocenters. The van der Waals surface area contributed by atoms with Crippen molar-refractivity contribution in [2.24, 2.45) is 0 Å². The smallest absolute Gasteiger partial charge is 0.134 e. The number of aromatic nitrogens is 2. The summed E-state index contributed by atoms with van der Waals surface area (Å²) in [7, 11) is 2.16. The molecule has 2 heterocycles. The van der Waals surface area contributed by atoms with Crippen LogP contribution in [0.25, 0.3) is 0 Å². The molecule has 1 saturated heterocycles. The summed E-state index contributed by atoms with van der Waals surface area (Å²) in [5.41, 5.74) is 0. The van der Waals surface area contributed by atoms with Gasteiger partial charge in [0.25, 0.3) is 0 Å². The molecule has 1 aromatic heterocycles. The molecule has 100 valence electrons. The Labute approximate surface area is 114 Å². The van der Waals surface area contributed by atoms with Crippen molar-refractivity contribution in [3.8, 4) is 0 Å². The van der Waals surface area contributed by atoms with Crippen molar-refractivity contribution in [3.05, 3.63) is 11.9 Å². The summed E-state index contributed by atoms with van der Waals surface area (Å²) in [5.74, 6) is 3.53. The maximum absolute atomic E-state index is 4.53. The molecule has 1 aromatic rings. The van der Waals surface area contributed by atoms with E-state index in [-0.39, 0.29) is 0 Å². The van der Waals surface area contributed by atoms with Gasteiger partial charge in [0.05, 0.1) is 0 Å². The number of piperazine rings is 1. The number of nitrogens with zero attached hydrogens (tertiary/aromatic N) is 4. The highest BCUT2D eigenvalue weighted by Crippen LogP contribution is 2.17. The number of hydrogen-bond acceptors (Lipinski definition) is 6. The van der Waals surface area contributed by atoms with E-state index in [2.05, 4.69) is 44.8 Å². The van der Waals surface area contributed by atoms with Gasteiger partial charge in [-0.2, -0.15) is 12.6 Å². The highest BCUT2D eigenvalue weighted by Gasteiger charge is 2.16. The third-order valence-electron chi connectivity index (χ3n) is 3.07. The van der Waals surface area contributed by atoms with Gasteiger partial charge in [0.15, 0.2) is 0 Å². The predicted molar refractivity (Wildman–Crippen MR) is 78.8 cm³/mol. The third-order valence-corrected chi connectivity index (χ3v) is 3.29. The Hall–Kier alpha value is -1.01. The Bertz CT molecular complexity index is 390. The zero-order valence-corrected chi connectivity index (χ0v) is 12.0. The van der Waals surface area contributed by atoms with E-state index in [1.54, 1.807) is 0 Å². The van der Waals surface area contributed by atoms with E-state index in [0.717, 1.165) is 55.9 Å². The average Bonchev–Trinajstić information content (AvgIpc) is 2.36. The summed E-state index contributed by atoms with van der Waals surface area (Å²) >= 11 is 4.19. The second-order valence-corrected chi connectivity index (χ2v) is 5.05. The average molecular weight is 267 g/mol. The second kappa shape index (κ2) is 6.24. The normalized spacial score (nSPS) is 16.9. The highest BCUT2D eigenvalue weighted by atomic mass is 32.1. The van der Waals surface area contributed by atoms with E-state index in [0.29, 0.717) is 0 Å². The summed E-state index contributed by atoms with van der Waals surface area (Å²) in [6, 6.07) is 2.03. The summed E-state index contributed by atoms with van der Waals surface area (Å²) in [4.78, 5) is 13.6. The van der Waals surface area contributed by atoms with E-state index < -0.39 is 0 Å². The lowest BCUT2D eigenvalue weighted by Crippen LogP contribution is -2.44. The number of likely N-dealkylation sites (N-methyl/N-ethyl adjacent to an activating group) is 1. The van der Waals surface area contributed by atoms with Crippen molar-refractivity contribution in [1.29, 1.82) is 0 Å². The number of nitrogens with one attached hydrogen (secondary N) is 1. The molecule has 6 heteroatoms. The predicted octanol–water partition coefficient (Wildman–Crippen LogP) is 0.879. The molecule has 5 nitrogen and oxygen atoms in total. The minimum atomic E-state index is 0.799. The van der Waals surface area contributed by atoms with Crippen LogP contribution in [-0.4, -0.2) is 60.4 Å². The molecule has 0 aromatic carbocycles. The van der Waals surface area contributed by atoms with Crippen LogP contribution in [0.2, 0.25) is 0 Å². The Morgan fingerprint density at radius 2 is 2.00 bits per heavy atom. The maximum Gasteiger partial charge on any atom is 0.134 e. The molecule has 0 saturated carbocycles. The Morgan fingerprint density at radius 1 is 1.28 bits per heavy atom. The molecule has 0 bridgehead atoms. The Kier molecular flexibility index (Phi) is 4.66. The van der Waals surface area contributed by atoms with Crippen molar-refractivity contribution in [2.75, 3.05) is 55.7 Å². The van der Waals surface area contributed by atoms with Crippen LogP contribution in [0.4, 0.5) is 11.6 Å². The highest BCUT2D eigenvalue weighted by molar-refractivity contribution is 7.80. The van der Waals surface area contributed by atoms with Crippen LogP contribution in [0.5, 0.6) is 0 Å². The number of rotatable bonds is 4. The van der Waals surface area contributed by atoms with Crippen LogP contribution < -0.4 is 10.2 Å². The lowest BCUT2D eigenvalue weighted by Gasteiger charge is -2.33. The largest absolute Gasteiger partial charge is 0.369 e. The van der Waals surface area contributed by atoms with Gasteiger partial charge in [-0.1, -0.05) is 0 Å². The van der Waals surface area contributed by atoms with Gasteiger partial charge in [0.1, 0.15) is 17.5 Å². The van der Waals surface area contributed by atoms with E-state index in [1.165, 1.54) is 0 Å². The summed E-state index contributed by atoms with van der Waals surface area (Å²) in [6.45, 7) is 6.98. The molecule has 0 spiro atoms. The molecule has 0 aliphatic carbocycles. The van der Waals surface area contributed by atoms with E-state index >= 15 is 0 Å². The first-order valence-corrected chi connectivity index (χ1v) is 6.96. The van der Waals surface area contributed by atoms with Crippen LogP contribution in [0.3, 0.4) is 0 Å². The van der Waals surface area contributed by atoms with Gasteiger partial charge in [-0.05, 0) is 14.0 Å². The first-order valence-electron chi connectivity index (χ1n) is 6.33. The maximum atomic E-state index is 4.53. The van der Waals surface area contributed by atoms with E-state index in [9.17, 15) is 0 Å². The van der Waals surface area contributed by atoms with E-state index in [4.69, 9.17) is 0 Å². The number of anilines is 2. The monoisotopic (exact) mass is 267 g/mol. The molecular formula is C12H21N5S. The summed E-state index contributed by atoms with van der Waals surface area (Å²) in [5, 5.41) is 3.26. The quantitative estimate of drug-likeness (QED) is 0.793. The fourth-order valence-electron chi connectivity index (χ4n) is 2.02. The van der Waals surface area contributed by atoms with Gasteiger partial charge in [-0.25, -0.2) is 9.97 Å². The third kappa shape index (κ3) is 3.49. The van der Waals surface area contributed by atoms with Crippen molar-refractivity contribution >= 4 is 24.3 Å². The van der Waals surface area contributed by atoms with Crippen molar-refractivity contribution in [3.63, 3.8) is 0 Å². The SMILES string of the molecule is Cc1nc(NCCS)cc(N2CCN(C)CC2)n1. The van der Waals surface area contributed by atoms with Crippen LogP contribution in [-0.2, 0) is 0 Å². The zero-order chi connectivity index (χ0) is 13.0. The molecular weight excluding hydrogens is 246 g/mol. The summed E-state index contributed by atoms with van der Waals surface area (Å²) in [6.07, 6.45) is 0. The Balaban J connectivity index is 2.09. The first kappa shape index (κ1) is 13.4. The first-order chi connectivity index (χ1) is 8.69. The van der Waals surface area contributed by atoms with Gasteiger partial charge < -0.3 is 15.1 Å². The number of aryl methyl sites for hydroxylation is 1. The topological polar surface area (TPSA) is 44.3 Å². The van der Waals surface area contributed by atoms with E-state index in [1.807, 2.05) is 13.0 Å². The Morgan fingerprint density at radius 3 is 2.67 bits per heavy atom. The molecule has 0 amide bonds. The minimum Gasteiger partial charge on any atom is -0.369 e. The van der Waals surface area contributed by atoms with Gasteiger partial charge in [0, 0.05) is 44.5 Å². The van der Waals surface area contributed by atoms with Crippen LogP contribution in [0, 0.1) is 6.92 Å². The van der Waals surface area contributed by atoms with Crippen molar-refractivity contribution < 1.29 is 0 Å². The van der Waals surface area contributed by atoms with Gasteiger partial charge in [-0.15, -0.1) is 0 Å². The number of hydrogen-bond donors (Lipinski definition) is 2. The molecule has 1 fully saturated rings. The molecule has 2 rings (SSSR count).